The Morgan fingerprint density at radius 1 is 0.966 bits per heavy atom. The Balaban J connectivity index is 1.45. The molecule has 0 aliphatic carbocycles. The van der Waals surface area contributed by atoms with Gasteiger partial charge in [-0.15, -0.1) is 0 Å². The fraction of sp³-hybridized carbons (Fsp3) is 0.227. The minimum atomic E-state index is -0.580. The fourth-order valence-electron chi connectivity index (χ4n) is 3.33. The highest BCUT2D eigenvalue weighted by Gasteiger charge is 2.36. The molecule has 148 valence electrons. The predicted molar refractivity (Wildman–Crippen MR) is 107 cm³/mol. The lowest BCUT2D eigenvalue weighted by Gasteiger charge is -2.27. The zero-order valence-electron chi connectivity index (χ0n) is 15.8. The summed E-state index contributed by atoms with van der Waals surface area (Å²) in [5.41, 5.74) is 3.11. The van der Waals surface area contributed by atoms with Gasteiger partial charge in [-0.05, 0) is 22.8 Å². The van der Waals surface area contributed by atoms with Gasteiger partial charge in [0.15, 0.2) is 0 Å². The molecule has 2 heterocycles. The number of hydrogen-bond acceptors (Lipinski definition) is 4. The van der Waals surface area contributed by atoms with Crippen molar-refractivity contribution >= 4 is 23.9 Å². The molecule has 0 aromatic heterocycles. The van der Waals surface area contributed by atoms with Crippen LogP contribution in [0.3, 0.4) is 0 Å². The van der Waals surface area contributed by atoms with E-state index in [0.29, 0.717) is 26.3 Å². The number of amides is 4. The third-order valence-electron chi connectivity index (χ3n) is 4.95. The average Bonchev–Trinajstić information content (AvgIpc) is 3.03. The Hall–Kier alpha value is -3.45. The van der Waals surface area contributed by atoms with E-state index in [1.807, 2.05) is 54.6 Å². The van der Waals surface area contributed by atoms with E-state index in [9.17, 15) is 14.4 Å². The summed E-state index contributed by atoms with van der Waals surface area (Å²) < 4.78 is 5.22. The van der Waals surface area contributed by atoms with Crippen molar-refractivity contribution in [3.05, 3.63) is 65.9 Å². The van der Waals surface area contributed by atoms with Crippen LogP contribution in [0, 0.1) is 0 Å². The number of carbonyl (C=O) groups is 3. The summed E-state index contributed by atoms with van der Waals surface area (Å²) in [6.07, 6.45) is 1.62. The topological polar surface area (TPSA) is 79.0 Å². The molecule has 29 heavy (non-hydrogen) atoms. The molecule has 1 N–H and O–H groups in total. The van der Waals surface area contributed by atoms with E-state index >= 15 is 0 Å². The van der Waals surface area contributed by atoms with Gasteiger partial charge in [0.05, 0.1) is 13.2 Å². The van der Waals surface area contributed by atoms with Crippen molar-refractivity contribution in [3.63, 3.8) is 0 Å². The van der Waals surface area contributed by atoms with Crippen LogP contribution in [0.4, 0.5) is 4.79 Å². The summed E-state index contributed by atoms with van der Waals surface area (Å²) in [7, 11) is 0. The molecule has 0 radical (unpaired) electrons. The van der Waals surface area contributed by atoms with E-state index in [0.717, 1.165) is 21.6 Å². The van der Waals surface area contributed by atoms with Crippen LogP contribution in [0.5, 0.6) is 0 Å². The molecule has 7 heteroatoms. The molecule has 0 unspecified atom stereocenters. The van der Waals surface area contributed by atoms with Gasteiger partial charge in [-0.3, -0.25) is 9.59 Å². The van der Waals surface area contributed by atoms with Crippen LogP contribution in [0.15, 0.2) is 60.3 Å². The van der Waals surface area contributed by atoms with Gasteiger partial charge in [-0.25, -0.2) is 9.69 Å². The van der Waals surface area contributed by atoms with Gasteiger partial charge < -0.3 is 15.0 Å². The highest BCUT2D eigenvalue weighted by Crippen LogP contribution is 2.21. The number of urea groups is 1. The lowest BCUT2D eigenvalue weighted by atomic mass is 10.0. The Kier molecular flexibility index (Phi) is 5.39. The number of nitrogens with zero attached hydrogens (tertiary/aromatic N) is 2. The number of nitrogens with one attached hydrogen (secondary N) is 1. The number of benzene rings is 2. The third-order valence-corrected chi connectivity index (χ3v) is 4.95. The molecule has 2 aliphatic rings. The smallest absolute Gasteiger partial charge is 0.329 e. The molecular weight excluding hydrogens is 370 g/mol. The van der Waals surface area contributed by atoms with Crippen molar-refractivity contribution in [1.82, 2.24) is 15.1 Å². The maximum atomic E-state index is 12.6. The van der Waals surface area contributed by atoms with E-state index in [2.05, 4.69) is 5.32 Å². The Labute approximate surface area is 168 Å². The van der Waals surface area contributed by atoms with Crippen molar-refractivity contribution in [2.75, 3.05) is 32.8 Å². The van der Waals surface area contributed by atoms with Crippen molar-refractivity contribution in [2.45, 2.75) is 0 Å². The standard InChI is InChI=1S/C22H21N3O4/c26-20(24-10-12-29-13-11-24)15-25-21(27)19(23-22(25)28)14-16-6-8-18(9-7-16)17-4-2-1-3-5-17/h1-9,14H,10-13,15H2,(H,23,28)/b19-14-. The van der Waals surface area contributed by atoms with Gasteiger partial charge in [0.2, 0.25) is 5.91 Å². The predicted octanol–water partition coefficient (Wildman–Crippen LogP) is 2.11. The van der Waals surface area contributed by atoms with Crippen LogP contribution in [0.25, 0.3) is 17.2 Å². The van der Waals surface area contributed by atoms with Crippen LogP contribution in [0.1, 0.15) is 5.56 Å². The van der Waals surface area contributed by atoms with Gasteiger partial charge in [0.25, 0.3) is 5.91 Å². The van der Waals surface area contributed by atoms with Crippen LogP contribution in [-0.4, -0.2) is 60.5 Å². The molecule has 0 atom stereocenters. The van der Waals surface area contributed by atoms with Crippen LogP contribution >= 0.6 is 0 Å². The molecule has 2 aromatic rings. The lowest BCUT2D eigenvalue weighted by Crippen LogP contribution is -2.47. The molecule has 2 fully saturated rings. The fourth-order valence-corrected chi connectivity index (χ4v) is 3.33. The van der Waals surface area contributed by atoms with Gasteiger partial charge in [-0.2, -0.15) is 0 Å². The Morgan fingerprint density at radius 3 is 2.31 bits per heavy atom. The van der Waals surface area contributed by atoms with Crippen LogP contribution in [-0.2, 0) is 14.3 Å². The van der Waals surface area contributed by atoms with Crippen molar-refractivity contribution < 1.29 is 19.1 Å². The van der Waals surface area contributed by atoms with Gasteiger partial charge >= 0.3 is 6.03 Å². The van der Waals surface area contributed by atoms with E-state index in [4.69, 9.17) is 4.74 Å². The third kappa shape index (κ3) is 4.20. The zero-order chi connectivity index (χ0) is 20.2. The first-order chi connectivity index (χ1) is 14.1. The number of morpholine rings is 1. The second kappa shape index (κ2) is 8.28. The second-order valence-electron chi connectivity index (χ2n) is 6.86. The number of imide groups is 1. The highest BCUT2D eigenvalue weighted by molar-refractivity contribution is 6.15. The normalized spacial score (nSPS) is 18.3. The molecular formula is C22H21N3O4. The molecule has 0 spiro atoms. The quantitative estimate of drug-likeness (QED) is 0.640. The Morgan fingerprint density at radius 2 is 1.62 bits per heavy atom. The first-order valence-corrected chi connectivity index (χ1v) is 9.47. The summed E-state index contributed by atoms with van der Waals surface area (Å²) in [5, 5.41) is 2.56. The first kappa shape index (κ1) is 18.9. The summed E-state index contributed by atoms with van der Waals surface area (Å²) in [6.45, 7) is 1.61. The van der Waals surface area contributed by atoms with E-state index < -0.39 is 11.9 Å². The van der Waals surface area contributed by atoms with Crippen LogP contribution < -0.4 is 5.32 Å². The number of ether oxygens (including phenoxy) is 1. The molecule has 7 nitrogen and oxygen atoms in total. The maximum absolute atomic E-state index is 12.6. The molecule has 4 amide bonds. The lowest BCUT2D eigenvalue weighted by molar-refractivity contribution is -0.139. The van der Waals surface area contributed by atoms with Gasteiger partial charge in [-0.1, -0.05) is 54.6 Å². The monoisotopic (exact) mass is 391 g/mol. The number of hydrogen-bond donors (Lipinski definition) is 1. The first-order valence-electron chi connectivity index (χ1n) is 9.47. The maximum Gasteiger partial charge on any atom is 0.329 e. The minimum Gasteiger partial charge on any atom is -0.378 e. The van der Waals surface area contributed by atoms with Crippen molar-refractivity contribution in [2.24, 2.45) is 0 Å². The SMILES string of the molecule is O=C(CN1C(=O)N/C(=C\c2ccc(-c3ccccc3)cc2)C1=O)N1CCOCC1. The Bertz CT molecular complexity index is 948. The summed E-state index contributed by atoms with van der Waals surface area (Å²) in [5.74, 6) is -0.756. The molecule has 2 aliphatic heterocycles. The summed E-state index contributed by atoms with van der Waals surface area (Å²) in [6, 6.07) is 17.1. The molecule has 2 aromatic carbocycles. The highest BCUT2D eigenvalue weighted by atomic mass is 16.5. The van der Waals surface area contributed by atoms with Crippen molar-refractivity contribution in [3.8, 4) is 11.1 Å². The van der Waals surface area contributed by atoms with E-state index in [1.54, 1.807) is 11.0 Å². The van der Waals surface area contributed by atoms with E-state index in [1.165, 1.54) is 0 Å². The van der Waals surface area contributed by atoms with Gasteiger partial charge in [0, 0.05) is 13.1 Å². The zero-order valence-corrected chi connectivity index (χ0v) is 15.8. The molecule has 0 bridgehead atoms. The number of carbonyl (C=O) groups excluding carboxylic acids is 3. The molecule has 0 saturated carbocycles. The minimum absolute atomic E-state index is 0.164. The number of rotatable bonds is 4. The largest absolute Gasteiger partial charge is 0.378 e. The average molecular weight is 391 g/mol. The second-order valence-corrected chi connectivity index (χ2v) is 6.86. The summed E-state index contributed by atoms with van der Waals surface area (Å²) in [4.78, 5) is 39.7. The summed E-state index contributed by atoms with van der Waals surface area (Å²) >= 11 is 0. The van der Waals surface area contributed by atoms with Crippen molar-refractivity contribution in [1.29, 1.82) is 0 Å². The molecule has 2 saturated heterocycles. The van der Waals surface area contributed by atoms with Crippen LogP contribution in [0.2, 0.25) is 0 Å². The van der Waals surface area contributed by atoms with Gasteiger partial charge in [0.1, 0.15) is 12.2 Å². The van der Waals surface area contributed by atoms with E-state index in [-0.39, 0.29) is 18.1 Å². The molecule has 4 rings (SSSR count).